The maximum atomic E-state index is 14.5. The van der Waals surface area contributed by atoms with Crippen molar-refractivity contribution in [3.05, 3.63) is 71.3 Å². The van der Waals surface area contributed by atoms with Gasteiger partial charge in [0, 0.05) is 6.42 Å². The van der Waals surface area contributed by atoms with E-state index in [2.05, 4.69) is 26.6 Å². The molecule has 0 saturated carbocycles. The molecule has 2 rings (SSSR count). The van der Waals surface area contributed by atoms with Gasteiger partial charge in [0.2, 0.25) is 41.2 Å². The van der Waals surface area contributed by atoms with Gasteiger partial charge in [0.05, 0.1) is 32.3 Å². The zero-order valence-electron chi connectivity index (χ0n) is 39.9. The van der Waals surface area contributed by atoms with Crippen molar-refractivity contribution >= 4 is 47.1 Å². The van der Waals surface area contributed by atoms with Crippen LogP contribution in [0.1, 0.15) is 97.3 Å². The van der Waals surface area contributed by atoms with Gasteiger partial charge in [0.25, 0.3) is 5.91 Å². The molecule has 7 atom stereocenters. The smallest absolute Gasteiger partial charge is 0.394 e. The van der Waals surface area contributed by atoms with Crippen molar-refractivity contribution in [1.29, 1.82) is 0 Å². The number of ether oxygens (including phenoxy) is 1. The van der Waals surface area contributed by atoms with Crippen molar-refractivity contribution in [2.45, 2.75) is 149 Å². The van der Waals surface area contributed by atoms with E-state index in [0.29, 0.717) is 30.9 Å². The Morgan fingerprint density at radius 3 is 1.78 bits per heavy atom. The standard InChI is InChI=1S/C47H68F3N7O11/c1-9-10-20-31(37(60)39(51)61)53-40(62)32(21-27(2)3)55-44(66)38(45(5,6)7)57-41(63)33(22-30-19-15-14-16-28(30)4)54-43(65)35(26-68-25-29-17-12-11-13-18-29)56-42(64)34(24-58)52-36(59)23-46(8,67)47(48,49)50/h11-19,27,31-35,38,58,67H,9-10,20-26H2,1-8H3,(H2,51,61)(H,52,59)(H,53,62)(H,54,65)(H,55,66)(H,56,64)(H,57,63)/t31-,32-,33-,34-,35+,38+,46?/m0/s1. The van der Waals surface area contributed by atoms with Gasteiger partial charge < -0.3 is 52.6 Å². The van der Waals surface area contributed by atoms with Crippen LogP contribution in [0.25, 0.3) is 0 Å². The number of ketones is 1. The second-order valence-corrected chi connectivity index (χ2v) is 18.4. The molecule has 0 fully saturated rings. The number of aliphatic hydroxyl groups is 2. The number of nitrogens with two attached hydrogens (primary N) is 1. The molecule has 0 bridgehead atoms. The maximum Gasteiger partial charge on any atom is 0.417 e. The van der Waals surface area contributed by atoms with Crippen molar-refractivity contribution in [3.8, 4) is 0 Å². The van der Waals surface area contributed by atoms with E-state index in [4.69, 9.17) is 10.5 Å². The van der Waals surface area contributed by atoms with Crippen LogP contribution in [-0.2, 0) is 56.1 Å². The summed E-state index contributed by atoms with van der Waals surface area (Å²) in [7, 11) is 0. The fourth-order valence-corrected chi connectivity index (χ4v) is 6.71. The monoisotopic (exact) mass is 963 g/mol. The van der Waals surface area contributed by atoms with Gasteiger partial charge in [0.15, 0.2) is 5.60 Å². The van der Waals surface area contributed by atoms with Crippen LogP contribution in [0.15, 0.2) is 54.6 Å². The minimum absolute atomic E-state index is 0.0701. The number of unbranched alkanes of at least 4 members (excludes halogenated alkanes) is 1. The molecule has 0 saturated heterocycles. The fourth-order valence-electron chi connectivity index (χ4n) is 6.71. The molecule has 7 amide bonds. The predicted octanol–water partition coefficient (Wildman–Crippen LogP) is 1.70. The van der Waals surface area contributed by atoms with Gasteiger partial charge in [-0.25, -0.2) is 0 Å². The van der Waals surface area contributed by atoms with E-state index < -0.39 is 120 Å². The van der Waals surface area contributed by atoms with Gasteiger partial charge in [0.1, 0.15) is 30.2 Å². The number of rotatable bonds is 27. The molecule has 0 aliphatic heterocycles. The highest BCUT2D eigenvalue weighted by atomic mass is 19.4. The third-order valence-corrected chi connectivity index (χ3v) is 10.8. The average Bonchev–Trinajstić information content (AvgIpc) is 3.24. The Hall–Kier alpha value is -5.93. The molecule has 2 aromatic rings. The first kappa shape index (κ1) is 58.2. The predicted molar refractivity (Wildman–Crippen MR) is 244 cm³/mol. The van der Waals surface area contributed by atoms with Crippen molar-refractivity contribution in [1.82, 2.24) is 31.9 Å². The number of nitrogens with one attached hydrogen (secondary N) is 6. The zero-order valence-corrected chi connectivity index (χ0v) is 39.9. The van der Waals surface area contributed by atoms with E-state index in [1.807, 2.05) is 12.2 Å². The summed E-state index contributed by atoms with van der Waals surface area (Å²) in [6.45, 7) is 10.7. The molecule has 2 aromatic carbocycles. The van der Waals surface area contributed by atoms with Crippen LogP contribution in [0, 0.1) is 18.3 Å². The highest BCUT2D eigenvalue weighted by molar-refractivity contribution is 6.37. The minimum atomic E-state index is -5.21. The van der Waals surface area contributed by atoms with Gasteiger partial charge >= 0.3 is 6.18 Å². The molecule has 68 heavy (non-hydrogen) atoms. The number of halogens is 3. The number of alkyl halides is 3. The molecule has 378 valence electrons. The van der Waals surface area contributed by atoms with Crippen LogP contribution in [0.5, 0.6) is 0 Å². The van der Waals surface area contributed by atoms with Crippen LogP contribution >= 0.6 is 0 Å². The number of carbonyl (C=O) groups excluding carboxylic acids is 8. The quantitative estimate of drug-likeness (QED) is 0.0581. The second-order valence-electron chi connectivity index (χ2n) is 18.4. The summed E-state index contributed by atoms with van der Waals surface area (Å²) >= 11 is 0. The lowest BCUT2D eigenvalue weighted by Gasteiger charge is -2.34. The summed E-state index contributed by atoms with van der Waals surface area (Å²) in [6, 6.07) is 6.70. The topological polar surface area (TPSA) is 284 Å². The molecule has 0 spiro atoms. The van der Waals surface area contributed by atoms with Crippen molar-refractivity contribution in [3.63, 3.8) is 0 Å². The van der Waals surface area contributed by atoms with Crippen molar-refractivity contribution < 1.29 is 66.5 Å². The van der Waals surface area contributed by atoms with Gasteiger partial charge in [-0.05, 0) is 54.7 Å². The summed E-state index contributed by atoms with van der Waals surface area (Å²) in [6.07, 6.45) is -5.54. The molecule has 0 radical (unpaired) electrons. The van der Waals surface area contributed by atoms with Crippen molar-refractivity contribution in [2.24, 2.45) is 17.1 Å². The molecular formula is C47H68F3N7O11. The largest absolute Gasteiger partial charge is 0.417 e. The first-order valence-corrected chi connectivity index (χ1v) is 22.3. The normalized spacial score (nSPS) is 15.3. The molecule has 0 aliphatic carbocycles. The Labute approximate surface area is 394 Å². The van der Waals surface area contributed by atoms with Crippen LogP contribution in [0.3, 0.4) is 0 Å². The summed E-state index contributed by atoms with van der Waals surface area (Å²) in [5, 5.41) is 34.6. The van der Waals surface area contributed by atoms with Gasteiger partial charge in [-0.15, -0.1) is 0 Å². The van der Waals surface area contributed by atoms with E-state index in [1.54, 1.807) is 96.1 Å². The Morgan fingerprint density at radius 1 is 0.706 bits per heavy atom. The lowest BCUT2D eigenvalue weighted by atomic mass is 9.85. The molecular weight excluding hydrogens is 896 g/mol. The van der Waals surface area contributed by atoms with Crippen LogP contribution in [0.4, 0.5) is 13.2 Å². The number of hydrogen-bond donors (Lipinski definition) is 9. The fraction of sp³-hybridized carbons (Fsp3) is 0.574. The number of aryl methyl sites for hydroxylation is 1. The zero-order chi connectivity index (χ0) is 51.6. The Kier molecular flexibility index (Phi) is 22.7. The minimum Gasteiger partial charge on any atom is -0.394 e. The first-order chi connectivity index (χ1) is 31.6. The Balaban J connectivity index is 2.51. The molecule has 1 unspecified atom stereocenters. The molecule has 0 aromatic heterocycles. The van der Waals surface area contributed by atoms with Crippen LogP contribution < -0.4 is 37.6 Å². The molecule has 10 N–H and O–H groups in total. The van der Waals surface area contributed by atoms with E-state index in [-0.39, 0.29) is 31.8 Å². The number of carbonyl (C=O) groups is 8. The van der Waals surface area contributed by atoms with Gasteiger partial charge in [-0.2, -0.15) is 13.2 Å². The van der Waals surface area contributed by atoms with E-state index in [0.717, 1.165) is 5.56 Å². The summed E-state index contributed by atoms with van der Waals surface area (Å²) in [4.78, 5) is 107. The van der Waals surface area contributed by atoms with Crippen LogP contribution in [-0.4, -0.2) is 119 Å². The molecule has 0 heterocycles. The number of Topliss-reactive ketones (excluding diaryl/α,β-unsaturated/α-hetero) is 1. The molecule has 0 aliphatic rings. The molecule has 21 heteroatoms. The lowest BCUT2D eigenvalue weighted by Crippen LogP contribution is -2.63. The average molecular weight is 964 g/mol. The SMILES string of the molecule is CCCC[C@H](NC(=O)[C@H](CC(C)C)NC(=O)[C@@H](NC(=O)[C@H](Cc1ccccc1C)NC(=O)[C@@H](COCc1ccccc1)NC(=O)[C@H](CO)NC(=O)CC(C)(O)C(F)(F)F)C(C)(C)C)C(=O)C(N)=O. The van der Waals surface area contributed by atoms with E-state index >= 15 is 0 Å². The highest BCUT2D eigenvalue weighted by Crippen LogP contribution is 2.32. The first-order valence-electron chi connectivity index (χ1n) is 22.3. The number of hydrogen-bond acceptors (Lipinski definition) is 11. The summed E-state index contributed by atoms with van der Waals surface area (Å²) in [5.41, 5.74) is 2.72. The van der Waals surface area contributed by atoms with E-state index in [1.165, 1.54) is 0 Å². The third kappa shape index (κ3) is 19.0. The number of benzene rings is 2. The number of amides is 7. The van der Waals surface area contributed by atoms with E-state index in [9.17, 15) is 61.7 Å². The van der Waals surface area contributed by atoms with Crippen LogP contribution in [0.2, 0.25) is 0 Å². The number of aliphatic hydroxyl groups excluding tert-OH is 1. The highest BCUT2D eigenvalue weighted by Gasteiger charge is 2.51. The second kappa shape index (κ2) is 26.6. The number of primary amides is 1. The van der Waals surface area contributed by atoms with Crippen molar-refractivity contribution in [2.75, 3.05) is 13.2 Å². The summed E-state index contributed by atoms with van der Waals surface area (Å²) < 4.78 is 45.6. The van der Waals surface area contributed by atoms with Gasteiger partial charge in [-0.3, -0.25) is 38.4 Å². The maximum absolute atomic E-state index is 14.5. The Bertz CT molecular complexity index is 2040. The summed E-state index contributed by atoms with van der Waals surface area (Å²) in [5.74, 6) is -8.51. The molecule has 18 nitrogen and oxygen atoms in total. The van der Waals surface area contributed by atoms with Gasteiger partial charge in [-0.1, -0.05) is 109 Å². The third-order valence-electron chi connectivity index (χ3n) is 10.8. The Morgan fingerprint density at radius 2 is 1.24 bits per heavy atom. The lowest BCUT2D eigenvalue weighted by molar-refractivity contribution is -0.253.